The number of hydrogen-bond donors (Lipinski definition) is 1. The summed E-state index contributed by atoms with van der Waals surface area (Å²) >= 11 is 0. The monoisotopic (exact) mass is 221 g/mol. The van der Waals surface area contributed by atoms with E-state index in [0.29, 0.717) is 12.0 Å². The summed E-state index contributed by atoms with van der Waals surface area (Å²) in [5.41, 5.74) is 1.16. The van der Waals surface area contributed by atoms with Gasteiger partial charge in [0.15, 0.2) is 0 Å². The van der Waals surface area contributed by atoms with Crippen molar-refractivity contribution in [3.63, 3.8) is 0 Å². The fourth-order valence-electron chi connectivity index (χ4n) is 2.67. The molecule has 1 aromatic carbocycles. The standard InChI is InChI=1S/C14H20FN/c1-2-9-16-14-8-4-7-13(14)11-5-3-6-12(15)10-11/h3,5-6,10,13-14,16H,2,4,7-9H2,1H3. The third-order valence-electron chi connectivity index (χ3n) is 3.45. The van der Waals surface area contributed by atoms with Gasteiger partial charge in [-0.15, -0.1) is 0 Å². The zero-order valence-electron chi connectivity index (χ0n) is 9.88. The molecule has 0 spiro atoms. The van der Waals surface area contributed by atoms with Crippen molar-refractivity contribution in [2.45, 2.75) is 44.6 Å². The maximum atomic E-state index is 13.2. The lowest BCUT2D eigenvalue weighted by atomic mass is 9.94. The highest BCUT2D eigenvalue weighted by Gasteiger charge is 2.27. The molecule has 2 heteroatoms. The lowest BCUT2D eigenvalue weighted by Gasteiger charge is -2.21. The van der Waals surface area contributed by atoms with Gasteiger partial charge in [0.2, 0.25) is 0 Å². The van der Waals surface area contributed by atoms with Crippen LogP contribution in [-0.2, 0) is 0 Å². The zero-order valence-corrected chi connectivity index (χ0v) is 9.88. The molecule has 0 aliphatic heterocycles. The van der Waals surface area contributed by atoms with Crippen LogP contribution in [-0.4, -0.2) is 12.6 Å². The first kappa shape index (κ1) is 11.6. The second-order valence-corrected chi connectivity index (χ2v) is 4.65. The first-order valence-corrected chi connectivity index (χ1v) is 6.30. The predicted octanol–water partition coefficient (Wildman–Crippen LogP) is 3.46. The molecule has 1 saturated carbocycles. The van der Waals surface area contributed by atoms with E-state index in [0.717, 1.165) is 18.5 Å². The Balaban J connectivity index is 2.07. The normalized spacial score (nSPS) is 24.9. The van der Waals surface area contributed by atoms with Crippen LogP contribution in [0.5, 0.6) is 0 Å². The van der Waals surface area contributed by atoms with Crippen molar-refractivity contribution in [3.05, 3.63) is 35.6 Å². The maximum Gasteiger partial charge on any atom is 0.123 e. The highest BCUT2D eigenvalue weighted by molar-refractivity contribution is 5.23. The molecule has 1 aliphatic carbocycles. The Morgan fingerprint density at radius 2 is 2.25 bits per heavy atom. The van der Waals surface area contributed by atoms with Crippen LogP contribution in [0.15, 0.2) is 24.3 Å². The average molecular weight is 221 g/mol. The average Bonchev–Trinajstić information content (AvgIpc) is 2.74. The molecule has 1 N–H and O–H groups in total. The Morgan fingerprint density at radius 1 is 1.38 bits per heavy atom. The van der Waals surface area contributed by atoms with Crippen molar-refractivity contribution >= 4 is 0 Å². The predicted molar refractivity (Wildman–Crippen MR) is 65.1 cm³/mol. The van der Waals surface area contributed by atoms with E-state index in [1.165, 1.54) is 25.3 Å². The summed E-state index contributed by atoms with van der Waals surface area (Å²) in [7, 11) is 0. The van der Waals surface area contributed by atoms with E-state index in [4.69, 9.17) is 0 Å². The topological polar surface area (TPSA) is 12.0 Å². The van der Waals surface area contributed by atoms with Crippen molar-refractivity contribution < 1.29 is 4.39 Å². The van der Waals surface area contributed by atoms with E-state index in [2.05, 4.69) is 18.3 Å². The molecule has 0 bridgehead atoms. The van der Waals surface area contributed by atoms with Gasteiger partial charge in [-0.2, -0.15) is 0 Å². The van der Waals surface area contributed by atoms with Gasteiger partial charge in [0, 0.05) is 6.04 Å². The molecule has 2 atom stereocenters. The number of benzene rings is 1. The smallest absolute Gasteiger partial charge is 0.123 e. The number of hydrogen-bond acceptors (Lipinski definition) is 1. The van der Waals surface area contributed by atoms with Crippen LogP contribution in [0.25, 0.3) is 0 Å². The van der Waals surface area contributed by atoms with E-state index >= 15 is 0 Å². The highest BCUT2D eigenvalue weighted by Crippen LogP contribution is 2.34. The third kappa shape index (κ3) is 2.62. The summed E-state index contributed by atoms with van der Waals surface area (Å²) in [5.74, 6) is 0.390. The van der Waals surface area contributed by atoms with Crippen LogP contribution in [0.3, 0.4) is 0 Å². The second-order valence-electron chi connectivity index (χ2n) is 4.65. The minimum Gasteiger partial charge on any atom is -0.313 e. The molecule has 1 fully saturated rings. The Hall–Kier alpha value is -0.890. The van der Waals surface area contributed by atoms with E-state index in [1.54, 1.807) is 6.07 Å². The zero-order chi connectivity index (χ0) is 11.4. The van der Waals surface area contributed by atoms with Crippen molar-refractivity contribution in [3.8, 4) is 0 Å². The van der Waals surface area contributed by atoms with Gasteiger partial charge < -0.3 is 5.32 Å². The molecule has 0 aromatic heterocycles. The molecule has 0 heterocycles. The quantitative estimate of drug-likeness (QED) is 0.821. The Kier molecular flexibility index (Phi) is 3.94. The summed E-state index contributed by atoms with van der Waals surface area (Å²) in [5, 5.41) is 3.58. The number of rotatable bonds is 4. The third-order valence-corrected chi connectivity index (χ3v) is 3.45. The first-order valence-electron chi connectivity index (χ1n) is 6.30. The van der Waals surface area contributed by atoms with Gasteiger partial charge in [0.1, 0.15) is 5.82 Å². The molecule has 1 aliphatic rings. The molecule has 0 radical (unpaired) electrons. The van der Waals surface area contributed by atoms with E-state index < -0.39 is 0 Å². The van der Waals surface area contributed by atoms with Crippen molar-refractivity contribution in [2.24, 2.45) is 0 Å². The summed E-state index contributed by atoms with van der Waals surface area (Å²) < 4.78 is 13.2. The molecule has 88 valence electrons. The lowest BCUT2D eigenvalue weighted by Crippen LogP contribution is -2.31. The molecule has 1 aromatic rings. The van der Waals surface area contributed by atoms with Crippen LogP contribution in [0, 0.1) is 5.82 Å². The molecule has 0 amide bonds. The summed E-state index contributed by atoms with van der Waals surface area (Å²) in [6.45, 7) is 3.25. The molecule has 16 heavy (non-hydrogen) atoms. The molecule has 0 saturated heterocycles. The van der Waals surface area contributed by atoms with Gasteiger partial charge in [-0.3, -0.25) is 0 Å². The van der Waals surface area contributed by atoms with Gasteiger partial charge in [-0.05, 0) is 49.4 Å². The van der Waals surface area contributed by atoms with E-state index in [-0.39, 0.29) is 5.82 Å². The summed E-state index contributed by atoms with van der Waals surface area (Å²) in [4.78, 5) is 0. The van der Waals surface area contributed by atoms with Gasteiger partial charge in [-0.1, -0.05) is 25.5 Å². The van der Waals surface area contributed by atoms with Crippen LogP contribution in [0.1, 0.15) is 44.1 Å². The fraction of sp³-hybridized carbons (Fsp3) is 0.571. The van der Waals surface area contributed by atoms with Crippen LogP contribution in [0.2, 0.25) is 0 Å². The van der Waals surface area contributed by atoms with Crippen molar-refractivity contribution in [2.75, 3.05) is 6.54 Å². The number of halogens is 1. The van der Waals surface area contributed by atoms with Crippen LogP contribution >= 0.6 is 0 Å². The largest absolute Gasteiger partial charge is 0.313 e. The molecule has 2 unspecified atom stereocenters. The molecular formula is C14H20FN. The fourth-order valence-corrected chi connectivity index (χ4v) is 2.67. The minimum absolute atomic E-state index is 0.112. The van der Waals surface area contributed by atoms with E-state index in [9.17, 15) is 4.39 Å². The molecule has 2 rings (SSSR count). The highest BCUT2D eigenvalue weighted by atomic mass is 19.1. The Labute approximate surface area is 97.1 Å². The summed E-state index contributed by atoms with van der Waals surface area (Å²) in [6, 6.07) is 7.63. The van der Waals surface area contributed by atoms with Crippen molar-refractivity contribution in [1.82, 2.24) is 5.32 Å². The van der Waals surface area contributed by atoms with E-state index in [1.807, 2.05) is 6.07 Å². The maximum absolute atomic E-state index is 13.2. The van der Waals surface area contributed by atoms with Gasteiger partial charge in [0.05, 0.1) is 0 Å². The van der Waals surface area contributed by atoms with Crippen LogP contribution in [0.4, 0.5) is 4.39 Å². The minimum atomic E-state index is -0.112. The Bertz CT molecular complexity index is 337. The van der Waals surface area contributed by atoms with Gasteiger partial charge >= 0.3 is 0 Å². The Morgan fingerprint density at radius 3 is 3.00 bits per heavy atom. The number of nitrogens with one attached hydrogen (secondary N) is 1. The van der Waals surface area contributed by atoms with Crippen molar-refractivity contribution in [1.29, 1.82) is 0 Å². The summed E-state index contributed by atoms with van der Waals surface area (Å²) in [6.07, 6.45) is 4.82. The van der Waals surface area contributed by atoms with Gasteiger partial charge in [-0.25, -0.2) is 4.39 Å². The lowest BCUT2D eigenvalue weighted by molar-refractivity contribution is 0.477. The molecular weight excluding hydrogens is 201 g/mol. The van der Waals surface area contributed by atoms with Gasteiger partial charge in [0.25, 0.3) is 0 Å². The SMILES string of the molecule is CCCNC1CCCC1c1cccc(F)c1. The first-order chi connectivity index (χ1) is 7.81. The second kappa shape index (κ2) is 5.44. The van der Waals surface area contributed by atoms with Crippen LogP contribution < -0.4 is 5.32 Å². The molecule has 1 nitrogen and oxygen atoms in total.